The standard InChI is InChI=1S/C14H21N3O.2ClH.H2O/c1-10(15)11-2-4-12(5-3-11)14(18)17-13-6-8-16-9-7-13;;;/h6-12H,2-5,15H2,1H3,(H,16,17,18);2*1H;1H2/t10-,11-,12-;;;/m1.../s1. The van der Waals surface area contributed by atoms with Crippen LogP contribution in [0.15, 0.2) is 24.5 Å². The summed E-state index contributed by atoms with van der Waals surface area (Å²) in [6.45, 7) is 2.06. The van der Waals surface area contributed by atoms with Crippen LogP contribution < -0.4 is 11.1 Å². The number of halogens is 2. The van der Waals surface area contributed by atoms with Crippen LogP contribution in [0, 0.1) is 11.8 Å². The van der Waals surface area contributed by atoms with Crippen LogP contribution in [-0.4, -0.2) is 22.4 Å². The van der Waals surface area contributed by atoms with E-state index >= 15 is 0 Å². The van der Waals surface area contributed by atoms with E-state index in [4.69, 9.17) is 5.73 Å². The SMILES string of the molecule is C[C@@H](N)[C@H]1CC[C@H](C(=O)Nc2ccncc2)CC1.Cl.Cl.O. The Labute approximate surface area is 138 Å². The first-order valence-corrected chi connectivity index (χ1v) is 6.63. The van der Waals surface area contributed by atoms with Crippen molar-refractivity contribution >= 4 is 36.4 Å². The number of amides is 1. The Hall–Kier alpha value is -0.880. The van der Waals surface area contributed by atoms with E-state index in [2.05, 4.69) is 17.2 Å². The maximum Gasteiger partial charge on any atom is 0.227 e. The first kappa shape index (κ1) is 22.4. The second kappa shape index (κ2) is 10.8. The van der Waals surface area contributed by atoms with Crippen LogP contribution in [0.1, 0.15) is 32.6 Å². The van der Waals surface area contributed by atoms with Crippen molar-refractivity contribution in [2.75, 3.05) is 5.32 Å². The van der Waals surface area contributed by atoms with Gasteiger partial charge in [0.05, 0.1) is 0 Å². The molecule has 0 unspecified atom stereocenters. The molecular formula is C14H25Cl2N3O2. The summed E-state index contributed by atoms with van der Waals surface area (Å²) in [7, 11) is 0. The molecule has 1 amide bonds. The Morgan fingerprint density at radius 1 is 1.24 bits per heavy atom. The zero-order chi connectivity index (χ0) is 13.0. The highest BCUT2D eigenvalue weighted by Crippen LogP contribution is 2.30. The molecule has 7 heteroatoms. The molecule has 1 aromatic heterocycles. The van der Waals surface area contributed by atoms with Gasteiger partial charge in [0.15, 0.2) is 0 Å². The molecule has 1 fully saturated rings. The predicted octanol–water partition coefficient (Wildman–Crippen LogP) is 2.19. The molecule has 1 heterocycles. The van der Waals surface area contributed by atoms with Crippen molar-refractivity contribution in [3.63, 3.8) is 0 Å². The smallest absolute Gasteiger partial charge is 0.227 e. The lowest BCUT2D eigenvalue weighted by Gasteiger charge is -2.29. The Morgan fingerprint density at radius 3 is 2.24 bits per heavy atom. The number of hydrogen-bond acceptors (Lipinski definition) is 3. The van der Waals surface area contributed by atoms with Gasteiger partial charge in [-0.15, -0.1) is 24.8 Å². The number of pyridine rings is 1. The maximum absolute atomic E-state index is 12.1. The van der Waals surface area contributed by atoms with Crippen LogP contribution in [0.5, 0.6) is 0 Å². The number of carbonyl (C=O) groups excluding carboxylic acids is 1. The second-order valence-corrected chi connectivity index (χ2v) is 5.20. The van der Waals surface area contributed by atoms with E-state index in [0.717, 1.165) is 31.4 Å². The predicted molar refractivity (Wildman–Crippen MR) is 90.1 cm³/mol. The third-order valence-corrected chi connectivity index (χ3v) is 3.83. The molecule has 21 heavy (non-hydrogen) atoms. The number of rotatable bonds is 3. The van der Waals surface area contributed by atoms with Crippen LogP contribution in [0.2, 0.25) is 0 Å². The van der Waals surface area contributed by atoms with Crippen LogP contribution >= 0.6 is 24.8 Å². The van der Waals surface area contributed by atoms with Crippen LogP contribution in [-0.2, 0) is 4.79 Å². The molecule has 5 N–H and O–H groups in total. The molecule has 5 nitrogen and oxygen atoms in total. The maximum atomic E-state index is 12.1. The van der Waals surface area contributed by atoms with Gasteiger partial charge in [0.25, 0.3) is 0 Å². The van der Waals surface area contributed by atoms with Crippen molar-refractivity contribution in [3.8, 4) is 0 Å². The Morgan fingerprint density at radius 2 is 1.76 bits per heavy atom. The van der Waals surface area contributed by atoms with Crippen molar-refractivity contribution in [2.24, 2.45) is 17.6 Å². The largest absolute Gasteiger partial charge is 0.412 e. The van der Waals surface area contributed by atoms with Crippen LogP contribution in [0.3, 0.4) is 0 Å². The van der Waals surface area contributed by atoms with Crippen LogP contribution in [0.25, 0.3) is 0 Å². The van der Waals surface area contributed by atoms with Gasteiger partial charge in [0.1, 0.15) is 0 Å². The summed E-state index contributed by atoms with van der Waals surface area (Å²) in [5, 5.41) is 2.95. The third kappa shape index (κ3) is 6.61. The molecule has 0 saturated heterocycles. The molecule has 2 rings (SSSR count). The quantitative estimate of drug-likeness (QED) is 0.883. The first-order chi connectivity index (χ1) is 8.66. The highest BCUT2D eigenvalue weighted by Gasteiger charge is 2.27. The minimum absolute atomic E-state index is 0. The fraction of sp³-hybridized carbons (Fsp3) is 0.571. The fourth-order valence-electron chi connectivity index (χ4n) is 2.59. The van der Waals surface area contributed by atoms with Gasteiger partial charge in [-0.05, 0) is 50.7 Å². The highest BCUT2D eigenvalue weighted by molar-refractivity contribution is 5.92. The summed E-state index contributed by atoms with van der Waals surface area (Å²) in [5.41, 5.74) is 6.73. The van der Waals surface area contributed by atoms with Gasteiger partial charge in [-0.2, -0.15) is 0 Å². The summed E-state index contributed by atoms with van der Waals surface area (Å²) in [6, 6.07) is 3.87. The summed E-state index contributed by atoms with van der Waals surface area (Å²) < 4.78 is 0. The molecule has 0 aliphatic heterocycles. The van der Waals surface area contributed by atoms with E-state index < -0.39 is 0 Å². The third-order valence-electron chi connectivity index (χ3n) is 3.83. The molecule has 1 atom stereocenters. The van der Waals surface area contributed by atoms with Crippen molar-refractivity contribution in [2.45, 2.75) is 38.6 Å². The molecule has 0 spiro atoms. The number of hydrogen-bond donors (Lipinski definition) is 2. The van der Waals surface area contributed by atoms with Gasteiger partial charge in [-0.1, -0.05) is 0 Å². The number of carbonyl (C=O) groups is 1. The second-order valence-electron chi connectivity index (χ2n) is 5.20. The number of nitrogens with one attached hydrogen (secondary N) is 1. The lowest BCUT2D eigenvalue weighted by molar-refractivity contribution is -0.121. The number of nitrogens with zero attached hydrogens (tertiary/aromatic N) is 1. The zero-order valence-corrected chi connectivity index (χ0v) is 13.8. The average Bonchev–Trinajstić information content (AvgIpc) is 2.40. The average molecular weight is 338 g/mol. The summed E-state index contributed by atoms with van der Waals surface area (Å²) in [4.78, 5) is 16.0. The van der Waals surface area contributed by atoms with E-state index in [1.165, 1.54) is 0 Å². The Kier molecular flexibility index (Phi) is 11.5. The van der Waals surface area contributed by atoms with Crippen molar-refractivity contribution in [1.82, 2.24) is 4.98 Å². The van der Waals surface area contributed by atoms with E-state index in [0.29, 0.717) is 5.92 Å². The van der Waals surface area contributed by atoms with Crippen molar-refractivity contribution in [1.29, 1.82) is 0 Å². The van der Waals surface area contributed by atoms with Crippen molar-refractivity contribution in [3.05, 3.63) is 24.5 Å². The Bertz CT molecular complexity index is 396. The first-order valence-electron chi connectivity index (χ1n) is 6.63. The molecule has 1 saturated carbocycles. The van der Waals surface area contributed by atoms with Gasteiger partial charge in [0, 0.05) is 30.0 Å². The normalized spacial score (nSPS) is 21.8. The molecule has 0 aromatic carbocycles. The molecule has 122 valence electrons. The topological polar surface area (TPSA) is 99.5 Å². The van der Waals surface area contributed by atoms with E-state index in [9.17, 15) is 4.79 Å². The molecule has 1 aliphatic rings. The monoisotopic (exact) mass is 337 g/mol. The summed E-state index contributed by atoms with van der Waals surface area (Å²) >= 11 is 0. The molecule has 1 aliphatic carbocycles. The highest BCUT2D eigenvalue weighted by atomic mass is 35.5. The van der Waals surface area contributed by atoms with Crippen molar-refractivity contribution < 1.29 is 10.3 Å². The molecule has 0 radical (unpaired) electrons. The van der Waals surface area contributed by atoms with Crippen LogP contribution in [0.4, 0.5) is 5.69 Å². The molecule has 1 aromatic rings. The summed E-state index contributed by atoms with van der Waals surface area (Å²) in [6.07, 6.45) is 7.38. The lowest BCUT2D eigenvalue weighted by Crippen LogP contribution is -2.33. The van der Waals surface area contributed by atoms with Gasteiger partial charge < -0.3 is 16.5 Å². The van der Waals surface area contributed by atoms with Gasteiger partial charge in [-0.25, -0.2) is 0 Å². The van der Waals surface area contributed by atoms with Gasteiger partial charge in [0.2, 0.25) is 5.91 Å². The number of aromatic nitrogens is 1. The zero-order valence-electron chi connectivity index (χ0n) is 12.1. The fourth-order valence-corrected chi connectivity index (χ4v) is 2.59. The number of anilines is 1. The Balaban J connectivity index is 0. The van der Waals surface area contributed by atoms with E-state index in [1.54, 1.807) is 12.4 Å². The molecule has 0 bridgehead atoms. The van der Waals surface area contributed by atoms with Gasteiger partial charge >= 0.3 is 0 Å². The van der Waals surface area contributed by atoms with E-state index in [-0.39, 0.29) is 48.2 Å². The molecular weight excluding hydrogens is 313 g/mol. The van der Waals surface area contributed by atoms with Gasteiger partial charge in [-0.3, -0.25) is 9.78 Å². The lowest BCUT2D eigenvalue weighted by atomic mass is 9.79. The summed E-state index contributed by atoms with van der Waals surface area (Å²) in [5.74, 6) is 0.840. The minimum Gasteiger partial charge on any atom is -0.412 e. The number of nitrogens with two attached hydrogens (primary N) is 1. The minimum atomic E-state index is 0. The van der Waals surface area contributed by atoms with E-state index in [1.807, 2.05) is 12.1 Å².